The van der Waals surface area contributed by atoms with Crippen LogP contribution in [-0.4, -0.2) is 81.3 Å². The fourth-order valence-electron chi connectivity index (χ4n) is 5.73. The molecule has 4 rings (SSSR count). The van der Waals surface area contributed by atoms with Gasteiger partial charge in [0.05, 0.1) is 14.2 Å². The number of piperazine rings is 1. The van der Waals surface area contributed by atoms with E-state index >= 15 is 0 Å². The largest absolute Gasteiger partial charge is 0.493 e. The number of ether oxygens (including phenoxy) is 2. The normalized spacial score (nSPS) is 28.1. The number of methoxy groups -OCH3 is 2. The lowest BCUT2D eigenvalue weighted by Crippen LogP contribution is -2.59. The molecule has 2 heterocycles. The van der Waals surface area contributed by atoms with Crippen molar-refractivity contribution in [3.05, 3.63) is 23.3 Å². The molecule has 2 fully saturated rings. The summed E-state index contributed by atoms with van der Waals surface area (Å²) in [6, 6.07) is 5.80. The molecule has 0 amide bonds. The molecule has 1 saturated heterocycles. The van der Waals surface area contributed by atoms with Gasteiger partial charge in [0, 0.05) is 50.7 Å². The van der Waals surface area contributed by atoms with E-state index in [4.69, 9.17) is 9.47 Å². The van der Waals surface area contributed by atoms with Gasteiger partial charge in [-0.1, -0.05) is 19.3 Å². The smallest absolute Gasteiger partial charge is 0.161 e. The van der Waals surface area contributed by atoms with Crippen molar-refractivity contribution in [3.63, 3.8) is 0 Å². The van der Waals surface area contributed by atoms with Crippen molar-refractivity contribution in [1.82, 2.24) is 14.7 Å². The molecule has 1 aromatic rings. The molecule has 5 nitrogen and oxygen atoms in total. The number of likely N-dealkylation sites (N-methyl/N-ethyl adjacent to an activating group) is 2. The Morgan fingerprint density at radius 2 is 1.57 bits per heavy atom. The van der Waals surface area contributed by atoms with Gasteiger partial charge in [0.2, 0.25) is 0 Å². The molecule has 28 heavy (non-hydrogen) atoms. The van der Waals surface area contributed by atoms with Gasteiger partial charge < -0.3 is 19.3 Å². The van der Waals surface area contributed by atoms with E-state index in [1.807, 2.05) is 0 Å². The molecule has 1 saturated carbocycles. The maximum Gasteiger partial charge on any atom is 0.161 e. The van der Waals surface area contributed by atoms with Gasteiger partial charge in [0.15, 0.2) is 11.5 Å². The molecule has 0 aromatic heterocycles. The summed E-state index contributed by atoms with van der Waals surface area (Å²) < 4.78 is 11.3. The van der Waals surface area contributed by atoms with Crippen LogP contribution in [0.2, 0.25) is 0 Å². The highest BCUT2D eigenvalue weighted by atomic mass is 16.5. The second-order valence-corrected chi connectivity index (χ2v) is 9.07. The minimum absolute atomic E-state index is 0.512. The second kappa shape index (κ2) is 8.60. The van der Waals surface area contributed by atoms with Gasteiger partial charge in [-0.15, -0.1) is 0 Å². The van der Waals surface area contributed by atoms with Crippen LogP contribution in [0.25, 0.3) is 0 Å². The molecule has 5 heteroatoms. The predicted octanol–water partition coefficient (Wildman–Crippen LogP) is 3.18. The molecular formula is C23H37N3O2. The fraction of sp³-hybridized carbons (Fsp3) is 0.739. The number of rotatable bonds is 4. The van der Waals surface area contributed by atoms with Crippen molar-refractivity contribution >= 4 is 0 Å². The van der Waals surface area contributed by atoms with Gasteiger partial charge in [-0.3, -0.25) is 4.90 Å². The van der Waals surface area contributed by atoms with Crippen molar-refractivity contribution in [2.45, 2.75) is 56.7 Å². The zero-order valence-corrected chi connectivity index (χ0v) is 18.1. The zero-order valence-electron chi connectivity index (χ0n) is 18.1. The number of fused-ring (bicyclic) bond motifs is 1. The maximum absolute atomic E-state index is 5.67. The lowest BCUT2D eigenvalue weighted by molar-refractivity contribution is 0.0160. The van der Waals surface area contributed by atoms with Crippen LogP contribution in [0.5, 0.6) is 11.5 Å². The monoisotopic (exact) mass is 387 g/mol. The van der Waals surface area contributed by atoms with E-state index in [1.54, 1.807) is 14.2 Å². The molecule has 2 atom stereocenters. The second-order valence-electron chi connectivity index (χ2n) is 9.07. The topological polar surface area (TPSA) is 28.2 Å². The molecule has 1 aliphatic carbocycles. The quantitative estimate of drug-likeness (QED) is 0.791. The highest BCUT2D eigenvalue weighted by molar-refractivity contribution is 5.50. The molecular weight excluding hydrogens is 350 g/mol. The van der Waals surface area contributed by atoms with Gasteiger partial charge in [0.1, 0.15) is 0 Å². The number of hydrogen-bond donors (Lipinski definition) is 0. The van der Waals surface area contributed by atoms with Crippen molar-refractivity contribution in [2.24, 2.45) is 0 Å². The Hall–Kier alpha value is -1.30. The van der Waals surface area contributed by atoms with E-state index in [1.165, 1.54) is 56.3 Å². The summed E-state index contributed by atoms with van der Waals surface area (Å²) in [7, 11) is 8.02. The van der Waals surface area contributed by atoms with Crippen LogP contribution in [0.3, 0.4) is 0 Å². The average Bonchev–Trinajstić information content (AvgIpc) is 2.72. The summed E-state index contributed by atoms with van der Waals surface area (Å²) in [6.07, 6.45) is 6.97. The number of benzene rings is 1. The van der Waals surface area contributed by atoms with Gasteiger partial charge in [-0.2, -0.15) is 0 Å². The van der Waals surface area contributed by atoms with Crippen LogP contribution in [-0.2, 0) is 6.54 Å². The highest BCUT2D eigenvalue weighted by Gasteiger charge is 2.39. The van der Waals surface area contributed by atoms with Crippen molar-refractivity contribution in [2.75, 3.05) is 54.5 Å². The Morgan fingerprint density at radius 1 is 0.857 bits per heavy atom. The average molecular weight is 388 g/mol. The molecule has 0 spiro atoms. The Morgan fingerprint density at radius 3 is 2.29 bits per heavy atom. The summed E-state index contributed by atoms with van der Waals surface area (Å²) in [6.45, 7) is 5.65. The SMILES string of the molecule is COc1cc2c(cc1OC)C(C1CN(C)CCN1C1CCCCC1)CN(C)C2. The molecule has 3 aliphatic rings. The lowest BCUT2D eigenvalue weighted by atomic mass is 9.81. The van der Waals surface area contributed by atoms with E-state index in [0.717, 1.165) is 37.2 Å². The minimum atomic E-state index is 0.512. The molecule has 2 unspecified atom stereocenters. The standard InChI is InChI=1S/C23H37N3O2/c1-24-10-11-26(18-8-6-5-7-9-18)21(16-24)20-15-25(2)14-17-12-22(27-3)23(28-4)13-19(17)20/h12-13,18,20-21H,5-11,14-16H2,1-4H3. The van der Waals surface area contributed by atoms with Crippen molar-refractivity contribution in [1.29, 1.82) is 0 Å². The van der Waals surface area contributed by atoms with E-state index in [2.05, 4.69) is 40.9 Å². The molecule has 0 N–H and O–H groups in total. The van der Waals surface area contributed by atoms with Gasteiger partial charge in [0.25, 0.3) is 0 Å². The zero-order chi connectivity index (χ0) is 19.7. The van der Waals surface area contributed by atoms with E-state index in [9.17, 15) is 0 Å². The maximum atomic E-state index is 5.67. The Labute approximate surface area is 170 Å². The third kappa shape index (κ3) is 3.89. The first kappa shape index (κ1) is 20.0. The first-order valence-electron chi connectivity index (χ1n) is 11.0. The van der Waals surface area contributed by atoms with Crippen LogP contribution in [0.1, 0.15) is 49.1 Å². The summed E-state index contributed by atoms with van der Waals surface area (Å²) in [4.78, 5) is 7.88. The molecule has 0 radical (unpaired) electrons. The third-order valence-electron chi connectivity index (χ3n) is 7.17. The Kier molecular flexibility index (Phi) is 6.14. The van der Waals surface area contributed by atoms with Gasteiger partial charge in [-0.25, -0.2) is 0 Å². The predicted molar refractivity (Wildman–Crippen MR) is 113 cm³/mol. The molecule has 2 aliphatic heterocycles. The fourth-order valence-corrected chi connectivity index (χ4v) is 5.73. The van der Waals surface area contributed by atoms with E-state index in [0.29, 0.717) is 12.0 Å². The molecule has 0 bridgehead atoms. The summed E-state index contributed by atoms with van der Waals surface area (Å²) in [5.41, 5.74) is 2.87. The van der Waals surface area contributed by atoms with Crippen LogP contribution in [0.4, 0.5) is 0 Å². The summed E-state index contributed by atoms with van der Waals surface area (Å²) >= 11 is 0. The lowest BCUT2D eigenvalue weighted by Gasteiger charge is -2.50. The van der Waals surface area contributed by atoms with Crippen LogP contribution in [0.15, 0.2) is 12.1 Å². The summed E-state index contributed by atoms with van der Waals surface area (Å²) in [5.74, 6) is 2.22. The van der Waals surface area contributed by atoms with Crippen LogP contribution >= 0.6 is 0 Å². The van der Waals surface area contributed by atoms with Crippen molar-refractivity contribution in [3.8, 4) is 11.5 Å². The van der Waals surface area contributed by atoms with Crippen LogP contribution in [0, 0.1) is 0 Å². The van der Waals surface area contributed by atoms with E-state index in [-0.39, 0.29) is 0 Å². The Balaban J connectivity index is 1.69. The van der Waals surface area contributed by atoms with E-state index < -0.39 is 0 Å². The van der Waals surface area contributed by atoms with Crippen LogP contribution < -0.4 is 9.47 Å². The van der Waals surface area contributed by atoms with Crippen molar-refractivity contribution < 1.29 is 9.47 Å². The third-order valence-corrected chi connectivity index (χ3v) is 7.17. The minimum Gasteiger partial charge on any atom is -0.493 e. The number of nitrogens with zero attached hydrogens (tertiary/aromatic N) is 3. The van der Waals surface area contributed by atoms with Gasteiger partial charge in [-0.05, 0) is 50.2 Å². The first-order chi connectivity index (χ1) is 13.6. The first-order valence-corrected chi connectivity index (χ1v) is 11.0. The Bertz CT molecular complexity index is 674. The molecule has 1 aromatic carbocycles. The molecule has 156 valence electrons. The number of hydrogen-bond acceptors (Lipinski definition) is 5. The highest BCUT2D eigenvalue weighted by Crippen LogP contribution is 2.41. The summed E-state index contributed by atoms with van der Waals surface area (Å²) in [5, 5.41) is 0. The van der Waals surface area contributed by atoms with Gasteiger partial charge >= 0.3 is 0 Å².